The van der Waals surface area contributed by atoms with Gasteiger partial charge in [0.25, 0.3) is 0 Å². The van der Waals surface area contributed by atoms with Gasteiger partial charge in [0.05, 0.1) is 30.8 Å². The van der Waals surface area contributed by atoms with E-state index in [1.165, 1.54) is 18.4 Å². The number of hydrogen-bond acceptors (Lipinski definition) is 9. The molecule has 12 heteroatoms. The van der Waals surface area contributed by atoms with E-state index in [0.717, 1.165) is 0 Å². The molecule has 0 bridgehead atoms. The van der Waals surface area contributed by atoms with Crippen LogP contribution in [0.25, 0.3) is 10.3 Å². The molecule has 1 saturated heterocycles. The highest BCUT2D eigenvalue weighted by molar-refractivity contribution is 7.16. The highest BCUT2D eigenvalue weighted by atomic mass is 32.1. The number of aromatic nitrogens is 3. The summed E-state index contributed by atoms with van der Waals surface area (Å²) in [6, 6.07) is 6.25. The van der Waals surface area contributed by atoms with Crippen LogP contribution in [0.5, 0.6) is 5.75 Å². The summed E-state index contributed by atoms with van der Waals surface area (Å²) in [6.45, 7) is 0.940. The maximum atomic E-state index is 12.9. The SMILES string of the molecule is COc1ccccc1NC(=O)N1CCN(c2nc(N)nc3scnc23)C(CC(=O)O)C1. The van der Waals surface area contributed by atoms with E-state index in [-0.39, 0.29) is 24.9 Å². The number of thiazole rings is 1. The van der Waals surface area contributed by atoms with Crippen LogP contribution in [0.2, 0.25) is 0 Å². The van der Waals surface area contributed by atoms with Gasteiger partial charge in [0, 0.05) is 19.6 Å². The van der Waals surface area contributed by atoms with E-state index in [9.17, 15) is 14.7 Å². The minimum atomic E-state index is -0.974. The molecule has 1 atom stereocenters. The Morgan fingerprint density at radius 2 is 2.13 bits per heavy atom. The number of fused-ring (bicyclic) bond motifs is 1. The number of methoxy groups -OCH3 is 1. The quantitative estimate of drug-likeness (QED) is 0.537. The number of piperazine rings is 1. The molecular weight excluding hydrogens is 422 g/mol. The molecule has 1 aliphatic rings. The van der Waals surface area contributed by atoms with E-state index in [1.807, 2.05) is 11.0 Å². The van der Waals surface area contributed by atoms with Crippen LogP contribution in [0.1, 0.15) is 6.42 Å². The van der Waals surface area contributed by atoms with Crippen LogP contribution >= 0.6 is 11.3 Å². The number of nitrogens with one attached hydrogen (secondary N) is 1. The first-order valence-electron chi connectivity index (χ1n) is 9.50. The predicted octanol–water partition coefficient (Wildman–Crippen LogP) is 1.87. The summed E-state index contributed by atoms with van der Waals surface area (Å²) in [7, 11) is 1.53. The normalized spacial score (nSPS) is 16.4. The number of nitrogens with zero attached hydrogens (tertiary/aromatic N) is 5. The van der Waals surface area contributed by atoms with Crippen LogP contribution in [-0.4, -0.2) is 69.7 Å². The Labute approximate surface area is 181 Å². The van der Waals surface area contributed by atoms with Crippen LogP contribution in [0.3, 0.4) is 0 Å². The molecule has 4 rings (SSSR count). The third-order valence-electron chi connectivity index (χ3n) is 5.00. The second-order valence-electron chi connectivity index (χ2n) is 6.93. The van der Waals surface area contributed by atoms with Crippen molar-refractivity contribution in [3.8, 4) is 5.75 Å². The first-order valence-corrected chi connectivity index (χ1v) is 10.4. The number of carboxylic acid groups (broad SMARTS) is 1. The lowest BCUT2D eigenvalue weighted by molar-refractivity contribution is -0.137. The zero-order chi connectivity index (χ0) is 22.0. The fraction of sp³-hybridized carbons (Fsp3) is 0.316. The number of carbonyl (C=O) groups excluding carboxylic acids is 1. The number of ether oxygens (including phenoxy) is 1. The second kappa shape index (κ2) is 8.60. The van der Waals surface area contributed by atoms with E-state index < -0.39 is 12.0 Å². The molecular formula is C19H21N7O4S. The van der Waals surface area contributed by atoms with Gasteiger partial charge in [-0.25, -0.2) is 14.8 Å². The number of rotatable bonds is 5. The number of nitrogens with two attached hydrogens (primary N) is 1. The van der Waals surface area contributed by atoms with Gasteiger partial charge in [0.1, 0.15) is 11.3 Å². The summed E-state index contributed by atoms with van der Waals surface area (Å²) in [5.41, 5.74) is 8.61. The van der Waals surface area contributed by atoms with Crippen LogP contribution in [-0.2, 0) is 4.79 Å². The van der Waals surface area contributed by atoms with Crippen molar-refractivity contribution in [1.29, 1.82) is 0 Å². The minimum absolute atomic E-state index is 0.0946. The highest BCUT2D eigenvalue weighted by Crippen LogP contribution is 2.30. The first-order chi connectivity index (χ1) is 15.0. The monoisotopic (exact) mass is 443 g/mol. The third-order valence-corrected chi connectivity index (χ3v) is 5.72. The van der Waals surface area contributed by atoms with Crippen LogP contribution in [0.15, 0.2) is 29.8 Å². The zero-order valence-electron chi connectivity index (χ0n) is 16.7. The Bertz CT molecular complexity index is 1120. The van der Waals surface area contributed by atoms with Crippen molar-refractivity contribution in [2.24, 2.45) is 0 Å². The van der Waals surface area contributed by atoms with Gasteiger partial charge < -0.3 is 30.7 Å². The zero-order valence-corrected chi connectivity index (χ0v) is 17.5. The average Bonchev–Trinajstić information content (AvgIpc) is 3.21. The molecule has 3 aromatic rings. The Hall–Kier alpha value is -3.67. The summed E-state index contributed by atoms with van der Waals surface area (Å²) in [5.74, 6) is 0.148. The minimum Gasteiger partial charge on any atom is -0.495 e. The number of hydrogen-bond donors (Lipinski definition) is 3. The van der Waals surface area contributed by atoms with Crippen molar-refractivity contribution in [3.05, 3.63) is 29.8 Å². The van der Waals surface area contributed by atoms with Crippen molar-refractivity contribution in [3.63, 3.8) is 0 Å². The molecule has 0 aliphatic carbocycles. The van der Waals surface area contributed by atoms with Gasteiger partial charge in [0.15, 0.2) is 10.6 Å². The van der Waals surface area contributed by atoms with E-state index >= 15 is 0 Å². The summed E-state index contributed by atoms with van der Waals surface area (Å²) >= 11 is 1.33. The Kier molecular flexibility index (Phi) is 5.71. The molecule has 1 fully saturated rings. The average molecular weight is 443 g/mol. The lowest BCUT2D eigenvalue weighted by atomic mass is 10.1. The lowest BCUT2D eigenvalue weighted by Crippen LogP contribution is -2.56. The molecule has 1 aromatic carbocycles. The standard InChI is InChI=1S/C19H21N7O4S/c1-30-13-5-3-2-4-12(13)22-19(29)25-6-7-26(11(9-25)8-14(27)28)16-15-17(31-10-21-15)24-18(20)23-16/h2-5,10-11H,6-9H2,1H3,(H,22,29)(H,27,28)(H2,20,23,24). The number of anilines is 3. The van der Waals surface area contributed by atoms with Gasteiger partial charge in [-0.05, 0) is 12.1 Å². The number of aliphatic carboxylic acids is 1. The number of benzene rings is 1. The number of carbonyl (C=O) groups is 2. The molecule has 2 aromatic heterocycles. The summed E-state index contributed by atoms with van der Waals surface area (Å²) in [5, 5.41) is 12.3. The van der Waals surface area contributed by atoms with Crippen molar-refractivity contribution in [2.75, 3.05) is 42.7 Å². The van der Waals surface area contributed by atoms with Gasteiger partial charge in [-0.1, -0.05) is 12.1 Å². The summed E-state index contributed by atoms with van der Waals surface area (Å²) < 4.78 is 5.28. The van der Waals surface area contributed by atoms with Crippen molar-refractivity contribution in [1.82, 2.24) is 19.9 Å². The predicted molar refractivity (Wildman–Crippen MR) is 117 cm³/mol. The van der Waals surface area contributed by atoms with Crippen molar-refractivity contribution in [2.45, 2.75) is 12.5 Å². The molecule has 0 saturated carbocycles. The number of para-hydroxylation sites is 2. The molecule has 2 amide bonds. The van der Waals surface area contributed by atoms with Crippen molar-refractivity contribution < 1.29 is 19.4 Å². The molecule has 3 heterocycles. The first kappa shape index (κ1) is 20.6. The van der Waals surface area contributed by atoms with E-state index in [0.29, 0.717) is 40.7 Å². The van der Waals surface area contributed by atoms with Gasteiger partial charge in [-0.15, -0.1) is 11.3 Å². The number of carboxylic acids is 1. The molecule has 31 heavy (non-hydrogen) atoms. The van der Waals surface area contributed by atoms with Gasteiger partial charge in [-0.2, -0.15) is 4.98 Å². The smallest absolute Gasteiger partial charge is 0.322 e. The summed E-state index contributed by atoms with van der Waals surface area (Å²) in [4.78, 5) is 41.3. The molecule has 4 N–H and O–H groups in total. The fourth-order valence-corrected chi connectivity index (χ4v) is 4.26. The molecule has 162 valence electrons. The van der Waals surface area contributed by atoms with Crippen LogP contribution in [0.4, 0.5) is 22.2 Å². The molecule has 0 radical (unpaired) electrons. The largest absolute Gasteiger partial charge is 0.495 e. The molecule has 1 unspecified atom stereocenters. The van der Waals surface area contributed by atoms with E-state index in [1.54, 1.807) is 28.6 Å². The number of nitrogen functional groups attached to an aromatic ring is 1. The molecule has 1 aliphatic heterocycles. The van der Waals surface area contributed by atoms with Crippen LogP contribution in [0, 0.1) is 0 Å². The maximum Gasteiger partial charge on any atom is 0.322 e. The second-order valence-corrected chi connectivity index (χ2v) is 7.77. The summed E-state index contributed by atoms with van der Waals surface area (Å²) in [6.07, 6.45) is -0.173. The van der Waals surface area contributed by atoms with Gasteiger partial charge in [-0.3, -0.25) is 4.79 Å². The number of amides is 2. The van der Waals surface area contributed by atoms with Gasteiger partial charge in [0.2, 0.25) is 5.95 Å². The van der Waals surface area contributed by atoms with Crippen LogP contribution < -0.4 is 20.7 Å². The van der Waals surface area contributed by atoms with E-state index in [2.05, 4.69) is 20.3 Å². The topological polar surface area (TPSA) is 147 Å². The number of urea groups is 1. The Morgan fingerprint density at radius 1 is 1.32 bits per heavy atom. The Balaban J connectivity index is 1.57. The lowest BCUT2D eigenvalue weighted by Gasteiger charge is -2.41. The highest BCUT2D eigenvalue weighted by Gasteiger charge is 2.33. The maximum absolute atomic E-state index is 12.9. The fourth-order valence-electron chi connectivity index (χ4n) is 3.60. The van der Waals surface area contributed by atoms with Crippen molar-refractivity contribution >= 4 is 51.1 Å². The molecule has 11 nitrogen and oxygen atoms in total. The third kappa shape index (κ3) is 4.28. The molecule has 0 spiro atoms. The van der Waals surface area contributed by atoms with Gasteiger partial charge >= 0.3 is 12.0 Å². The Morgan fingerprint density at radius 3 is 2.90 bits per heavy atom. The van der Waals surface area contributed by atoms with E-state index in [4.69, 9.17) is 10.5 Å².